The van der Waals surface area contributed by atoms with Crippen molar-refractivity contribution in [2.24, 2.45) is 0 Å². The predicted octanol–water partition coefficient (Wildman–Crippen LogP) is -0.0508. The molecule has 0 aromatic carbocycles. The summed E-state index contributed by atoms with van der Waals surface area (Å²) in [4.78, 5) is 35.3. The number of esters is 1. The van der Waals surface area contributed by atoms with Gasteiger partial charge in [-0.05, 0) is 12.8 Å². The third kappa shape index (κ3) is 5.22. The fourth-order valence-corrected chi connectivity index (χ4v) is 2.41. The zero-order valence-electron chi connectivity index (χ0n) is 12.3. The van der Waals surface area contributed by atoms with E-state index in [-0.39, 0.29) is 6.54 Å². The van der Waals surface area contributed by atoms with Crippen molar-refractivity contribution in [3.63, 3.8) is 0 Å². The summed E-state index contributed by atoms with van der Waals surface area (Å²) >= 11 is 0. The number of carboxylic acid groups (broad SMARTS) is 1. The van der Waals surface area contributed by atoms with E-state index in [9.17, 15) is 19.5 Å². The van der Waals surface area contributed by atoms with Gasteiger partial charge in [-0.3, -0.25) is 4.79 Å². The molecular weight excluding hydrogens is 280 g/mol. The van der Waals surface area contributed by atoms with Crippen molar-refractivity contribution in [2.75, 3.05) is 20.7 Å². The Morgan fingerprint density at radius 3 is 2.38 bits per heavy atom. The Bertz CT molecular complexity index is 405. The molecule has 1 aliphatic rings. The first-order chi connectivity index (χ1) is 9.77. The van der Waals surface area contributed by atoms with E-state index in [0.717, 1.165) is 20.0 Å². The number of hydrogen-bond acceptors (Lipinski definition) is 5. The molecule has 0 aliphatic heterocycles. The Balaban J connectivity index is 2.55. The average Bonchev–Trinajstić information content (AvgIpc) is 2.83. The Kier molecular flexibility index (Phi) is 5.95. The summed E-state index contributed by atoms with van der Waals surface area (Å²) in [5, 5.41) is 21.5. The molecule has 21 heavy (non-hydrogen) atoms. The fraction of sp³-hybridized carbons (Fsp3) is 0.769. The van der Waals surface area contributed by atoms with Crippen LogP contribution < -0.4 is 5.32 Å². The van der Waals surface area contributed by atoms with Crippen LogP contribution in [0.2, 0.25) is 0 Å². The molecule has 120 valence electrons. The molecule has 8 heteroatoms. The molecule has 1 aliphatic carbocycles. The Morgan fingerprint density at radius 2 is 1.90 bits per heavy atom. The molecule has 3 N–H and O–H groups in total. The number of aliphatic carboxylic acids is 1. The Hall–Kier alpha value is -1.83. The molecule has 1 atom stereocenters. The highest BCUT2D eigenvalue weighted by molar-refractivity contribution is 5.86. The predicted molar refractivity (Wildman–Crippen MR) is 72.6 cm³/mol. The second kappa shape index (κ2) is 7.26. The van der Waals surface area contributed by atoms with Crippen molar-refractivity contribution in [1.29, 1.82) is 0 Å². The molecular formula is C13H22N2O6. The van der Waals surface area contributed by atoms with E-state index in [2.05, 4.69) is 10.1 Å². The van der Waals surface area contributed by atoms with Gasteiger partial charge in [-0.2, -0.15) is 0 Å². The van der Waals surface area contributed by atoms with Crippen LogP contribution in [0.4, 0.5) is 4.79 Å². The first-order valence-corrected chi connectivity index (χ1v) is 6.81. The van der Waals surface area contributed by atoms with E-state index in [1.165, 1.54) is 11.9 Å². The number of carbonyl (C=O) groups is 3. The third-order valence-corrected chi connectivity index (χ3v) is 3.61. The van der Waals surface area contributed by atoms with Crippen LogP contribution in [0.25, 0.3) is 0 Å². The van der Waals surface area contributed by atoms with Crippen LogP contribution in [0.3, 0.4) is 0 Å². The van der Waals surface area contributed by atoms with Gasteiger partial charge in [0.05, 0.1) is 25.7 Å². The largest absolute Gasteiger partial charge is 0.480 e. The molecule has 0 heterocycles. The highest BCUT2D eigenvalue weighted by Crippen LogP contribution is 2.29. The highest BCUT2D eigenvalue weighted by atomic mass is 16.5. The zero-order chi connectivity index (χ0) is 16.0. The summed E-state index contributed by atoms with van der Waals surface area (Å²) in [7, 11) is 2.62. The number of ether oxygens (including phenoxy) is 1. The molecule has 8 nitrogen and oxygen atoms in total. The molecule has 0 aromatic rings. The van der Waals surface area contributed by atoms with E-state index >= 15 is 0 Å². The van der Waals surface area contributed by atoms with E-state index in [4.69, 9.17) is 5.11 Å². The minimum atomic E-state index is -1.36. The molecule has 0 aromatic heterocycles. The number of nitrogens with zero attached hydrogens (tertiary/aromatic N) is 1. The fourth-order valence-electron chi connectivity index (χ4n) is 2.41. The molecule has 0 radical (unpaired) electrons. The minimum absolute atomic E-state index is 0.128. The molecule has 2 amide bonds. The molecule has 0 saturated heterocycles. The number of amides is 2. The average molecular weight is 302 g/mol. The van der Waals surface area contributed by atoms with Crippen molar-refractivity contribution in [1.82, 2.24) is 10.2 Å². The zero-order valence-corrected chi connectivity index (χ0v) is 12.3. The minimum Gasteiger partial charge on any atom is -0.480 e. The number of aliphatic hydroxyl groups is 1. The van der Waals surface area contributed by atoms with Crippen molar-refractivity contribution < 1.29 is 29.3 Å². The lowest BCUT2D eigenvalue weighted by atomic mass is 10.0. The van der Waals surface area contributed by atoms with Crippen molar-refractivity contribution >= 4 is 18.0 Å². The van der Waals surface area contributed by atoms with Gasteiger partial charge in [0.1, 0.15) is 6.04 Å². The van der Waals surface area contributed by atoms with Crippen LogP contribution in [0.15, 0.2) is 0 Å². The Morgan fingerprint density at radius 1 is 1.33 bits per heavy atom. The molecule has 0 unspecified atom stereocenters. The van der Waals surface area contributed by atoms with Gasteiger partial charge in [0.25, 0.3) is 0 Å². The van der Waals surface area contributed by atoms with Gasteiger partial charge in [-0.25, -0.2) is 9.59 Å². The molecule has 0 spiro atoms. The van der Waals surface area contributed by atoms with Gasteiger partial charge in [-0.15, -0.1) is 0 Å². The molecule has 0 bridgehead atoms. The second-order valence-corrected chi connectivity index (χ2v) is 5.41. The Labute approximate surface area is 123 Å². The SMILES string of the molecule is COC(=O)C[C@H](NC(=O)N(C)CC1(O)CCCC1)C(=O)O. The molecule has 1 rings (SSSR count). The third-order valence-electron chi connectivity index (χ3n) is 3.61. The molecule has 1 fully saturated rings. The van der Waals surface area contributed by atoms with Crippen LogP contribution in [0.5, 0.6) is 0 Å². The number of hydrogen-bond donors (Lipinski definition) is 3. The number of carboxylic acids is 1. The second-order valence-electron chi connectivity index (χ2n) is 5.41. The summed E-state index contributed by atoms with van der Waals surface area (Å²) in [6, 6.07) is -2.00. The summed E-state index contributed by atoms with van der Waals surface area (Å²) in [6.45, 7) is 0.128. The van der Waals surface area contributed by atoms with Gasteiger partial charge in [0.15, 0.2) is 0 Å². The molecule has 1 saturated carbocycles. The monoisotopic (exact) mass is 302 g/mol. The normalized spacial score (nSPS) is 17.9. The van der Waals surface area contributed by atoms with Crippen molar-refractivity contribution in [2.45, 2.75) is 43.7 Å². The first-order valence-electron chi connectivity index (χ1n) is 6.81. The van der Waals surface area contributed by atoms with E-state index in [1.54, 1.807) is 0 Å². The maximum Gasteiger partial charge on any atom is 0.326 e. The maximum absolute atomic E-state index is 11.9. The number of carbonyl (C=O) groups excluding carboxylic acids is 2. The van der Waals surface area contributed by atoms with Crippen LogP contribution in [0.1, 0.15) is 32.1 Å². The van der Waals surface area contributed by atoms with E-state index in [0.29, 0.717) is 12.8 Å². The van der Waals surface area contributed by atoms with Gasteiger partial charge in [0, 0.05) is 7.05 Å². The number of urea groups is 1. The smallest absolute Gasteiger partial charge is 0.326 e. The highest BCUT2D eigenvalue weighted by Gasteiger charge is 2.34. The van der Waals surface area contributed by atoms with Gasteiger partial charge in [0.2, 0.25) is 0 Å². The summed E-state index contributed by atoms with van der Waals surface area (Å²) in [5.41, 5.74) is -0.910. The number of methoxy groups -OCH3 is 1. The lowest BCUT2D eigenvalue weighted by Gasteiger charge is -2.29. The summed E-state index contributed by atoms with van der Waals surface area (Å²) < 4.78 is 4.39. The number of nitrogens with one attached hydrogen (secondary N) is 1. The van der Waals surface area contributed by atoms with E-state index < -0.39 is 36.0 Å². The standard InChI is InChI=1S/C13H22N2O6/c1-15(8-13(20)5-3-4-6-13)12(19)14-9(11(17)18)7-10(16)21-2/h9,20H,3-8H2,1-2H3,(H,14,19)(H,17,18)/t9-/m0/s1. The number of rotatable bonds is 6. The van der Waals surface area contributed by atoms with Gasteiger partial charge >= 0.3 is 18.0 Å². The van der Waals surface area contributed by atoms with Crippen LogP contribution in [0, 0.1) is 0 Å². The van der Waals surface area contributed by atoms with E-state index in [1.807, 2.05) is 0 Å². The van der Waals surface area contributed by atoms with Crippen molar-refractivity contribution in [3.05, 3.63) is 0 Å². The first kappa shape index (κ1) is 17.2. The quantitative estimate of drug-likeness (QED) is 0.592. The number of likely N-dealkylation sites (N-methyl/N-ethyl adjacent to an activating group) is 1. The lowest BCUT2D eigenvalue weighted by Crippen LogP contribution is -2.51. The topological polar surface area (TPSA) is 116 Å². The van der Waals surface area contributed by atoms with Gasteiger partial charge < -0.3 is 25.2 Å². The lowest BCUT2D eigenvalue weighted by molar-refractivity contribution is -0.147. The summed E-state index contributed by atoms with van der Waals surface area (Å²) in [6.07, 6.45) is 2.61. The van der Waals surface area contributed by atoms with Gasteiger partial charge in [-0.1, -0.05) is 12.8 Å². The van der Waals surface area contributed by atoms with Crippen molar-refractivity contribution in [3.8, 4) is 0 Å². The van der Waals surface area contributed by atoms with Crippen LogP contribution in [-0.2, 0) is 14.3 Å². The maximum atomic E-state index is 11.9. The summed E-state index contributed by atoms with van der Waals surface area (Å²) in [5.74, 6) is -2.04. The van der Waals surface area contributed by atoms with Crippen LogP contribution in [-0.4, -0.2) is 65.4 Å². The van der Waals surface area contributed by atoms with Crippen LogP contribution >= 0.6 is 0 Å².